The smallest absolute Gasteiger partial charge is 0.239 e. The predicted molar refractivity (Wildman–Crippen MR) is 103 cm³/mol. The first kappa shape index (κ1) is 19.3. The molecule has 26 heavy (non-hydrogen) atoms. The minimum Gasteiger partial charge on any atom is -0.378 e. The minimum absolute atomic E-state index is 0.143. The normalized spacial score (nSPS) is 20.1. The van der Waals surface area contributed by atoms with Crippen LogP contribution in [0.3, 0.4) is 0 Å². The van der Waals surface area contributed by atoms with Gasteiger partial charge in [-0.3, -0.25) is 14.5 Å². The zero-order valence-electron chi connectivity index (χ0n) is 15.2. The van der Waals surface area contributed by atoms with E-state index in [1.807, 2.05) is 41.0 Å². The molecule has 1 aromatic rings. The molecule has 0 aromatic heterocycles. The quantitative estimate of drug-likeness (QED) is 0.733. The third kappa shape index (κ3) is 4.84. The summed E-state index contributed by atoms with van der Waals surface area (Å²) in [6.45, 7) is 7.38. The van der Waals surface area contributed by atoms with Gasteiger partial charge in [-0.2, -0.15) is 0 Å². The lowest BCUT2D eigenvalue weighted by Crippen LogP contribution is -2.56. The average Bonchev–Trinajstić information content (AvgIpc) is 2.67. The van der Waals surface area contributed by atoms with Gasteiger partial charge in [0.1, 0.15) is 0 Å². The van der Waals surface area contributed by atoms with Crippen LogP contribution in [0.1, 0.15) is 12.5 Å². The molecule has 2 saturated heterocycles. The van der Waals surface area contributed by atoms with Crippen LogP contribution >= 0.6 is 15.9 Å². The van der Waals surface area contributed by atoms with Gasteiger partial charge in [0.15, 0.2) is 0 Å². The molecule has 0 spiro atoms. The van der Waals surface area contributed by atoms with Crippen LogP contribution in [0.4, 0.5) is 0 Å². The molecule has 3 rings (SSSR count). The van der Waals surface area contributed by atoms with Gasteiger partial charge in [-0.15, -0.1) is 0 Å². The van der Waals surface area contributed by atoms with Gasteiger partial charge in [-0.05, 0) is 24.6 Å². The maximum absolute atomic E-state index is 12.6. The summed E-state index contributed by atoms with van der Waals surface area (Å²) in [5, 5.41) is 0. The van der Waals surface area contributed by atoms with E-state index in [0.717, 1.165) is 23.1 Å². The molecule has 0 N–H and O–H groups in total. The van der Waals surface area contributed by atoms with E-state index in [-0.39, 0.29) is 17.9 Å². The number of carbonyl (C=O) groups is 2. The highest BCUT2D eigenvalue weighted by atomic mass is 79.9. The Morgan fingerprint density at radius 1 is 1.08 bits per heavy atom. The molecule has 2 aliphatic rings. The number of hydrogen-bond acceptors (Lipinski definition) is 4. The number of nitrogens with zero attached hydrogens (tertiary/aromatic N) is 3. The summed E-state index contributed by atoms with van der Waals surface area (Å²) < 4.78 is 6.31. The summed E-state index contributed by atoms with van der Waals surface area (Å²) in [6, 6.07) is 7.72. The van der Waals surface area contributed by atoms with E-state index < -0.39 is 0 Å². The fraction of sp³-hybridized carbons (Fsp3) is 0.579. The van der Waals surface area contributed by atoms with Gasteiger partial charge in [0, 0.05) is 43.7 Å². The summed E-state index contributed by atoms with van der Waals surface area (Å²) in [5.74, 6) is 0.317. The highest BCUT2D eigenvalue weighted by Gasteiger charge is 2.30. The molecule has 1 atom stereocenters. The van der Waals surface area contributed by atoms with Crippen LogP contribution in [-0.4, -0.2) is 85.0 Å². The first-order valence-electron chi connectivity index (χ1n) is 9.17. The maximum atomic E-state index is 12.6. The van der Waals surface area contributed by atoms with Crippen molar-refractivity contribution >= 4 is 27.7 Å². The van der Waals surface area contributed by atoms with Crippen molar-refractivity contribution in [2.75, 3.05) is 52.5 Å². The molecule has 142 valence electrons. The molecule has 0 aliphatic carbocycles. The van der Waals surface area contributed by atoms with E-state index in [1.165, 1.54) is 0 Å². The molecule has 6 nitrogen and oxygen atoms in total. The number of benzene rings is 1. The third-order valence-corrected chi connectivity index (χ3v) is 5.63. The van der Waals surface area contributed by atoms with Crippen molar-refractivity contribution in [1.82, 2.24) is 14.7 Å². The zero-order valence-corrected chi connectivity index (χ0v) is 16.8. The molecule has 2 heterocycles. The monoisotopic (exact) mass is 423 g/mol. The van der Waals surface area contributed by atoms with Crippen molar-refractivity contribution in [3.63, 3.8) is 0 Å². The van der Waals surface area contributed by atoms with Crippen LogP contribution in [-0.2, 0) is 20.7 Å². The number of carbonyl (C=O) groups excluding carboxylic acids is 2. The molecule has 1 unspecified atom stereocenters. The summed E-state index contributed by atoms with van der Waals surface area (Å²) in [6.07, 6.45) is 0.418. The van der Waals surface area contributed by atoms with Crippen LogP contribution < -0.4 is 0 Å². The number of amides is 2. The van der Waals surface area contributed by atoms with Gasteiger partial charge in [0.2, 0.25) is 11.8 Å². The van der Waals surface area contributed by atoms with Gasteiger partial charge in [-0.25, -0.2) is 0 Å². The lowest BCUT2D eigenvalue weighted by Gasteiger charge is -2.39. The first-order valence-corrected chi connectivity index (χ1v) is 9.96. The number of rotatable bonds is 4. The van der Waals surface area contributed by atoms with Crippen LogP contribution in [0.15, 0.2) is 28.7 Å². The third-order valence-electron chi connectivity index (χ3n) is 5.14. The SMILES string of the molecule is CC(C(=O)N1CCOCC1)N1CCN(C(=O)Cc2cccc(Br)c2)CC1. The van der Waals surface area contributed by atoms with Crippen LogP contribution in [0.5, 0.6) is 0 Å². The molecule has 7 heteroatoms. The lowest BCUT2D eigenvalue weighted by molar-refractivity contribution is -0.142. The van der Waals surface area contributed by atoms with Gasteiger partial charge < -0.3 is 14.5 Å². The van der Waals surface area contributed by atoms with Crippen molar-refractivity contribution in [2.45, 2.75) is 19.4 Å². The Hall–Kier alpha value is -1.44. The van der Waals surface area contributed by atoms with Gasteiger partial charge >= 0.3 is 0 Å². The van der Waals surface area contributed by atoms with E-state index in [0.29, 0.717) is 45.8 Å². The molecule has 1 aromatic carbocycles. The molecule has 2 aliphatic heterocycles. The van der Waals surface area contributed by atoms with Gasteiger partial charge in [0.05, 0.1) is 25.7 Å². The van der Waals surface area contributed by atoms with Crippen molar-refractivity contribution in [1.29, 1.82) is 0 Å². The zero-order chi connectivity index (χ0) is 18.5. The van der Waals surface area contributed by atoms with Crippen LogP contribution in [0, 0.1) is 0 Å². The topological polar surface area (TPSA) is 53.1 Å². The van der Waals surface area contributed by atoms with Crippen molar-refractivity contribution in [3.8, 4) is 0 Å². The Morgan fingerprint density at radius 2 is 1.77 bits per heavy atom. The van der Waals surface area contributed by atoms with Gasteiger partial charge in [0.25, 0.3) is 0 Å². The molecular formula is C19H26BrN3O3. The standard InChI is InChI=1S/C19H26BrN3O3/c1-15(19(25)23-9-11-26-12-10-23)21-5-7-22(8-6-21)18(24)14-16-3-2-4-17(20)13-16/h2-4,13,15H,5-12,14H2,1H3. The molecule has 2 fully saturated rings. The van der Waals surface area contributed by atoms with Crippen LogP contribution in [0.25, 0.3) is 0 Å². The van der Waals surface area contributed by atoms with Crippen molar-refractivity contribution in [3.05, 3.63) is 34.3 Å². The van der Waals surface area contributed by atoms with Gasteiger partial charge in [-0.1, -0.05) is 28.1 Å². The second kappa shape index (κ2) is 8.97. The number of piperazine rings is 1. The summed E-state index contributed by atoms with van der Waals surface area (Å²) in [7, 11) is 0. The van der Waals surface area contributed by atoms with Crippen molar-refractivity contribution in [2.24, 2.45) is 0 Å². The van der Waals surface area contributed by atoms with Crippen molar-refractivity contribution < 1.29 is 14.3 Å². The largest absolute Gasteiger partial charge is 0.378 e. The molecule has 0 radical (unpaired) electrons. The number of morpholine rings is 1. The fourth-order valence-electron chi connectivity index (χ4n) is 3.50. The number of hydrogen-bond donors (Lipinski definition) is 0. The van der Waals surface area contributed by atoms with E-state index >= 15 is 0 Å². The summed E-state index contributed by atoms with van der Waals surface area (Å²) >= 11 is 3.44. The maximum Gasteiger partial charge on any atom is 0.239 e. The highest BCUT2D eigenvalue weighted by molar-refractivity contribution is 9.10. The summed E-state index contributed by atoms with van der Waals surface area (Å²) in [4.78, 5) is 31.1. The Balaban J connectivity index is 1.48. The second-order valence-electron chi connectivity index (χ2n) is 6.84. The average molecular weight is 424 g/mol. The lowest BCUT2D eigenvalue weighted by atomic mass is 10.1. The van der Waals surface area contributed by atoms with E-state index in [1.54, 1.807) is 0 Å². The van der Waals surface area contributed by atoms with E-state index in [9.17, 15) is 9.59 Å². The van der Waals surface area contributed by atoms with Crippen LogP contribution in [0.2, 0.25) is 0 Å². The number of ether oxygens (including phenoxy) is 1. The predicted octanol–water partition coefficient (Wildman–Crippen LogP) is 1.38. The molecular weight excluding hydrogens is 398 g/mol. The Bertz CT molecular complexity index is 641. The Kier molecular flexibility index (Phi) is 6.67. The van der Waals surface area contributed by atoms with E-state index in [4.69, 9.17) is 4.74 Å². The molecule has 0 saturated carbocycles. The van der Waals surface area contributed by atoms with E-state index in [2.05, 4.69) is 20.8 Å². The Morgan fingerprint density at radius 3 is 2.42 bits per heavy atom. The first-order chi connectivity index (χ1) is 12.5. The highest BCUT2D eigenvalue weighted by Crippen LogP contribution is 2.15. The number of halogens is 1. The minimum atomic E-state index is -0.143. The summed E-state index contributed by atoms with van der Waals surface area (Å²) in [5.41, 5.74) is 1.02. The Labute approximate surface area is 163 Å². The molecule has 2 amide bonds. The second-order valence-corrected chi connectivity index (χ2v) is 7.75. The molecule has 0 bridgehead atoms. The fourth-order valence-corrected chi connectivity index (χ4v) is 3.94.